The first kappa shape index (κ1) is 30.6. The van der Waals surface area contributed by atoms with E-state index in [1.165, 1.54) is 77.0 Å². The van der Waals surface area contributed by atoms with Gasteiger partial charge in [-0.15, -0.1) is 0 Å². The Kier molecular flexibility index (Phi) is 20.5. The van der Waals surface area contributed by atoms with E-state index in [1.54, 1.807) is 23.9 Å². The minimum absolute atomic E-state index is 0.162. The van der Waals surface area contributed by atoms with Gasteiger partial charge in [0.25, 0.3) is 0 Å². The molecule has 0 radical (unpaired) electrons. The smallest absolute Gasteiger partial charge is 0.229 e. The van der Waals surface area contributed by atoms with E-state index in [4.69, 9.17) is 0 Å². The molecule has 0 aliphatic carbocycles. The highest BCUT2D eigenvalue weighted by Crippen LogP contribution is 2.10. The molecule has 0 saturated heterocycles. The van der Waals surface area contributed by atoms with Gasteiger partial charge in [-0.1, -0.05) is 104 Å². The van der Waals surface area contributed by atoms with Crippen molar-refractivity contribution in [3.8, 4) is 0 Å². The second-order valence-electron chi connectivity index (χ2n) is 9.47. The summed E-state index contributed by atoms with van der Waals surface area (Å²) >= 11 is 0. The summed E-state index contributed by atoms with van der Waals surface area (Å²) in [6.45, 7) is 5.83. The molecule has 5 nitrogen and oxygen atoms in total. The molecule has 0 rings (SSSR count). The number of ketones is 1. The average molecular weight is 453 g/mol. The lowest BCUT2D eigenvalue weighted by Gasteiger charge is -2.18. The monoisotopic (exact) mass is 452 g/mol. The molecule has 0 saturated carbocycles. The largest absolute Gasteiger partial charge is 0.345 e. The summed E-state index contributed by atoms with van der Waals surface area (Å²) in [5, 5.41) is 0. The lowest BCUT2D eigenvalue weighted by atomic mass is 10.1. The Hall–Kier alpha value is -1.39. The molecule has 0 aliphatic rings. The van der Waals surface area contributed by atoms with Crippen LogP contribution in [0.2, 0.25) is 0 Å². The SMILES string of the molecule is CCCCCCCCCCN(C)C(=O)CC(=O)CC(=O)N(C)CCCCCCCCCC. The third-order valence-corrected chi connectivity index (χ3v) is 6.24. The summed E-state index contributed by atoms with van der Waals surface area (Å²) < 4.78 is 0. The van der Waals surface area contributed by atoms with E-state index >= 15 is 0 Å². The zero-order valence-corrected chi connectivity index (χ0v) is 21.8. The van der Waals surface area contributed by atoms with Crippen LogP contribution in [0.1, 0.15) is 129 Å². The molecule has 32 heavy (non-hydrogen) atoms. The minimum atomic E-state index is -0.273. The van der Waals surface area contributed by atoms with Crippen molar-refractivity contribution in [1.82, 2.24) is 9.80 Å². The summed E-state index contributed by atoms with van der Waals surface area (Å²) in [6.07, 6.45) is 19.3. The van der Waals surface area contributed by atoms with E-state index in [2.05, 4.69) is 13.8 Å². The van der Waals surface area contributed by atoms with Crippen molar-refractivity contribution < 1.29 is 14.4 Å². The second-order valence-corrected chi connectivity index (χ2v) is 9.47. The van der Waals surface area contributed by atoms with Crippen LogP contribution in [0.25, 0.3) is 0 Å². The fraction of sp³-hybridized carbons (Fsp3) is 0.889. The van der Waals surface area contributed by atoms with Gasteiger partial charge in [-0.2, -0.15) is 0 Å². The Morgan fingerprint density at radius 2 is 0.750 bits per heavy atom. The van der Waals surface area contributed by atoms with Crippen molar-refractivity contribution in [2.75, 3.05) is 27.2 Å². The average Bonchev–Trinajstić information content (AvgIpc) is 2.76. The number of hydrogen-bond donors (Lipinski definition) is 0. The first-order valence-corrected chi connectivity index (χ1v) is 13.4. The van der Waals surface area contributed by atoms with Crippen LogP contribution < -0.4 is 0 Å². The van der Waals surface area contributed by atoms with Crippen molar-refractivity contribution >= 4 is 17.6 Å². The molecule has 0 fully saturated rings. The van der Waals surface area contributed by atoms with E-state index in [0.29, 0.717) is 13.1 Å². The topological polar surface area (TPSA) is 57.7 Å². The zero-order chi connectivity index (χ0) is 24.0. The highest BCUT2D eigenvalue weighted by molar-refractivity contribution is 6.06. The van der Waals surface area contributed by atoms with E-state index in [1.807, 2.05) is 0 Å². The molecule has 0 aromatic heterocycles. The molecular weight excluding hydrogens is 400 g/mol. The predicted molar refractivity (Wildman–Crippen MR) is 135 cm³/mol. The van der Waals surface area contributed by atoms with Gasteiger partial charge < -0.3 is 9.80 Å². The zero-order valence-electron chi connectivity index (χ0n) is 21.8. The molecule has 0 aromatic carbocycles. The maximum Gasteiger partial charge on any atom is 0.229 e. The Bertz CT molecular complexity index is 451. The van der Waals surface area contributed by atoms with Crippen LogP contribution in [0.3, 0.4) is 0 Å². The van der Waals surface area contributed by atoms with E-state index < -0.39 is 0 Å². The summed E-state index contributed by atoms with van der Waals surface area (Å²) in [5.41, 5.74) is 0. The Balaban J connectivity index is 3.82. The third kappa shape index (κ3) is 18.2. The lowest BCUT2D eigenvalue weighted by molar-refractivity contribution is -0.137. The number of carbonyl (C=O) groups excluding carboxylic acids is 3. The van der Waals surface area contributed by atoms with Crippen molar-refractivity contribution in [3.05, 3.63) is 0 Å². The van der Waals surface area contributed by atoms with Gasteiger partial charge in [0.15, 0.2) is 5.78 Å². The molecule has 188 valence electrons. The Labute approximate surface area is 198 Å². The fourth-order valence-electron chi connectivity index (χ4n) is 3.88. The van der Waals surface area contributed by atoms with Crippen LogP contribution in [0, 0.1) is 0 Å². The number of amides is 2. The molecule has 0 spiro atoms. The number of carbonyl (C=O) groups is 3. The highest BCUT2D eigenvalue weighted by atomic mass is 16.2. The summed E-state index contributed by atoms with van der Waals surface area (Å²) in [5.74, 6) is -0.613. The molecular formula is C27H52N2O3. The van der Waals surface area contributed by atoms with Crippen LogP contribution in [0.4, 0.5) is 0 Å². The maximum absolute atomic E-state index is 12.3. The maximum atomic E-state index is 12.3. The van der Waals surface area contributed by atoms with Crippen molar-refractivity contribution in [2.24, 2.45) is 0 Å². The second kappa shape index (κ2) is 21.5. The lowest BCUT2D eigenvalue weighted by Crippen LogP contribution is -2.33. The number of unbranched alkanes of at least 4 members (excludes halogenated alkanes) is 14. The van der Waals surface area contributed by atoms with Gasteiger partial charge in [0.2, 0.25) is 11.8 Å². The van der Waals surface area contributed by atoms with E-state index in [9.17, 15) is 14.4 Å². The van der Waals surface area contributed by atoms with Gasteiger partial charge in [-0.05, 0) is 12.8 Å². The summed E-state index contributed by atoms with van der Waals surface area (Å²) in [6, 6.07) is 0. The normalized spacial score (nSPS) is 10.9. The molecule has 0 aliphatic heterocycles. The Morgan fingerprint density at radius 1 is 0.469 bits per heavy atom. The van der Waals surface area contributed by atoms with E-state index in [0.717, 1.165) is 25.7 Å². The van der Waals surface area contributed by atoms with Crippen LogP contribution in [-0.4, -0.2) is 54.6 Å². The molecule has 2 amide bonds. The van der Waals surface area contributed by atoms with Gasteiger partial charge in [-0.25, -0.2) is 0 Å². The van der Waals surface area contributed by atoms with Crippen molar-refractivity contribution in [2.45, 2.75) is 129 Å². The standard InChI is InChI=1S/C27H52N2O3/c1-5-7-9-11-13-15-17-19-21-28(3)26(31)23-25(30)24-27(32)29(4)22-20-18-16-14-12-10-8-6-2/h5-24H2,1-4H3. The first-order valence-electron chi connectivity index (χ1n) is 13.4. The minimum Gasteiger partial charge on any atom is -0.345 e. The van der Waals surface area contributed by atoms with Crippen LogP contribution in [0.15, 0.2) is 0 Å². The van der Waals surface area contributed by atoms with Gasteiger partial charge in [0.05, 0.1) is 12.8 Å². The summed E-state index contributed by atoms with van der Waals surface area (Å²) in [7, 11) is 3.51. The molecule has 0 heterocycles. The Morgan fingerprint density at radius 3 is 1.06 bits per heavy atom. The molecule has 0 aromatic rings. The number of hydrogen-bond acceptors (Lipinski definition) is 3. The van der Waals surface area contributed by atoms with Crippen LogP contribution in [-0.2, 0) is 14.4 Å². The van der Waals surface area contributed by atoms with Gasteiger partial charge >= 0.3 is 0 Å². The van der Waals surface area contributed by atoms with Gasteiger partial charge in [-0.3, -0.25) is 14.4 Å². The molecule has 0 atom stereocenters. The molecule has 5 heteroatoms. The number of nitrogens with zero attached hydrogens (tertiary/aromatic N) is 2. The highest BCUT2D eigenvalue weighted by Gasteiger charge is 2.18. The molecule has 0 unspecified atom stereocenters. The first-order chi connectivity index (χ1) is 15.4. The van der Waals surface area contributed by atoms with Crippen molar-refractivity contribution in [3.63, 3.8) is 0 Å². The number of Topliss-reactive ketones (excluding diaryl/α,β-unsaturated/α-hetero) is 1. The van der Waals surface area contributed by atoms with Gasteiger partial charge in [0.1, 0.15) is 0 Å². The quantitative estimate of drug-likeness (QED) is 0.138. The third-order valence-electron chi connectivity index (χ3n) is 6.24. The molecule has 0 N–H and O–H groups in total. The number of rotatable bonds is 22. The summed E-state index contributed by atoms with van der Waals surface area (Å²) in [4.78, 5) is 40.0. The fourth-order valence-corrected chi connectivity index (χ4v) is 3.88. The predicted octanol–water partition coefficient (Wildman–Crippen LogP) is 6.53. The molecule has 0 bridgehead atoms. The van der Waals surface area contributed by atoms with Crippen LogP contribution in [0.5, 0.6) is 0 Å². The van der Waals surface area contributed by atoms with Crippen LogP contribution >= 0.6 is 0 Å². The van der Waals surface area contributed by atoms with E-state index in [-0.39, 0.29) is 30.4 Å². The van der Waals surface area contributed by atoms with Crippen molar-refractivity contribution in [1.29, 1.82) is 0 Å². The van der Waals surface area contributed by atoms with Gasteiger partial charge in [0, 0.05) is 27.2 Å².